The summed E-state index contributed by atoms with van der Waals surface area (Å²) in [4.78, 5) is 3.06. The highest BCUT2D eigenvalue weighted by molar-refractivity contribution is 7.89. The van der Waals surface area contributed by atoms with Gasteiger partial charge < -0.3 is 10.5 Å². The van der Waals surface area contributed by atoms with E-state index in [1.807, 2.05) is 0 Å². The van der Waals surface area contributed by atoms with Gasteiger partial charge in [0, 0.05) is 6.54 Å². The average molecular weight is 339 g/mol. The van der Waals surface area contributed by atoms with Crippen molar-refractivity contribution in [1.29, 1.82) is 0 Å². The zero-order chi connectivity index (χ0) is 16.6. The molecule has 1 rings (SSSR count). The summed E-state index contributed by atoms with van der Waals surface area (Å²) in [5.74, 6) is -1.72. The van der Waals surface area contributed by atoms with Crippen LogP contribution < -0.4 is 15.6 Å². The standard InChI is InChI=1S/C8H7F6N3O3S/c9-7(10,11)3-1-5(21(16,18)19)17-4(2-15)6(3)20-8(12,13)14/h1H,2,15H2,(H2,16,18,19). The molecule has 0 saturated carbocycles. The lowest BCUT2D eigenvalue weighted by Gasteiger charge is -2.18. The van der Waals surface area contributed by atoms with Crippen LogP contribution in [0.3, 0.4) is 0 Å². The summed E-state index contributed by atoms with van der Waals surface area (Å²) in [6, 6.07) is -0.157. The third-order valence-corrected chi connectivity index (χ3v) is 2.82. The van der Waals surface area contributed by atoms with E-state index in [2.05, 4.69) is 14.9 Å². The Bertz CT molecular complexity index is 640. The number of sulfonamides is 1. The summed E-state index contributed by atoms with van der Waals surface area (Å²) in [6.07, 6.45) is -10.8. The Hall–Kier alpha value is -1.60. The van der Waals surface area contributed by atoms with E-state index in [9.17, 15) is 34.8 Å². The quantitative estimate of drug-likeness (QED) is 0.802. The smallest absolute Gasteiger partial charge is 0.403 e. The Morgan fingerprint density at radius 1 is 1.19 bits per heavy atom. The van der Waals surface area contributed by atoms with Crippen LogP contribution in [0.2, 0.25) is 0 Å². The number of aromatic nitrogens is 1. The van der Waals surface area contributed by atoms with Crippen molar-refractivity contribution in [1.82, 2.24) is 4.98 Å². The van der Waals surface area contributed by atoms with Crippen LogP contribution in [0.25, 0.3) is 0 Å². The van der Waals surface area contributed by atoms with E-state index in [1.165, 1.54) is 0 Å². The second-order valence-corrected chi connectivity index (χ2v) is 5.09. The molecule has 0 aliphatic rings. The van der Waals surface area contributed by atoms with Crippen molar-refractivity contribution in [2.75, 3.05) is 0 Å². The SMILES string of the molecule is NCc1nc(S(N)(=O)=O)cc(C(F)(F)F)c1OC(F)(F)F. The first-order chi connectivity index (χ1) is 9.25. The summed E-state index contributed by atoms with van der Waals surface area (Å²) in [5.41, 5.74) is 1.93. The highest BCUT2D eigenvalue weighted by atomic mass is 32.2. The number of alkyl halides is 6. The highest BCUT2D eigenvalue weighted by Crippen LogP contribution is 2.40. The van der Waals surface area contributed by atoms with Gasteiger partial charge in [0.05, 0.1) is 5.69 Å². The van der Waals surface area contributed by atoms with Gasteiger partial charge in [-0.05, 0) is 6.07 Å². The van der Waals surface area contributed by atoms with Crippen molar-refractivity contribution in [3.63, 3.8) is 0 Å². The van der Waals surface area contributed by atoms with E-state index in [4.69, 9.17) is 5.73 Å². The molecular weight excluding hydrogens is 332 g/mol. The molecule has 0 spiro atoms. The monoisotopic (exact) mass is 339 g/mol. The first-order valence-electron chi connectivity index (χ1n) is 4.85. The van der Waals surface area contributed by atoms with Gasteiger partial charge in [-0.25, -0.2) is 18.5 Å². The number of halogens is 6. The summed E-state index contributed by atoms with van der Waals surface area (Å²) < 4.78 is 100. The third-order valence-electron chi connectivity index (χ3n) is 2.03. The second kappa shape index (κ2) is 5.31. The van der Waals surface area contributed by atoms with Crippen LogP contribution in [-0.4, -0.2) is 19.8 Å². The van der Waals surface area contributed by atoms with Crippen LogP contribution in [0, 0.1) is 0 Å². The Morgan fingerprint density at radius 3 is 2.05 bits per heavy atom. The molecule has 0 amide bonds. The molecule has 0 saturated heterocycles. The zero-order valence-electron chi connectivity index (χ0n) is 9.79. The first-order valence-corrected chi connectivity index (χ1v) is 6.40. The second-order valence-electron chi connectivity index (χ2n) is 3.58. The maximum Gasteiger partial charge on any atom is 0.573 e. The Morgan fingerprint density at radius 2 is 1.71 bits per heavy atom. The van der Waals surface area contributed by atoms with Crippen LogP contribution in [-0.2, 0) is 22.7 Å². The van der Waals surface area contributed by atoms with Gasteiger partial charge in [-0.1, -0.05) is 0 Å². The Balaban J connectivity index is 3.69. The van der Waals surface area contributed by atoms with Crippen molar-refractivity contribution in [3.8, 4) is 5.75 Å². The number of hydrogen-bond donors (Lipinski definition) is 2. The van der Waals surface area contributed by atoms with Gasteiger partial charge in [0.15, 0.2) is 10.8 Å². The van der Waals surface area contributed by atoms with Gasteiger partial charge in [-0.15, -0.1) is 13.2 Å². The molecule has 13 heteroatoms. The fraction of sp³-hybridized carbons (Fsp3) is 0.375. The van der Waals surface area contributed by atoms with Crippen molar-refractivity contribution in [2.24, 2.45) is 10.9 Å². The topological polar surface area (TPSA) is 108 Å². The lowest BCUT2D eigenvalue weighted by Crippen LogP contribution is -2.24. The Kier molecular flexibility index (Phi) is 4.41. The van der Waals surface area contributed by atoms with E-state index in [1.54, 1.807) is 0 Å². The predicted molar refractivity (Wildman–Crippen MR) is 55.2 cm³/mol. The number of nitrogens with zero attached hydrogens (tertiary/aromatic N) is 1. The molecule has 0 aliphatic carbocycles. The number of hydrogen-bond acceptors (Lipinski definition) is 5. The van der Waals surface area contributed by atoms with E-state index in [0.717, 1.165) is 0 Å². The molecule has 1 aromatic rings. The molecular formula is C8H7F6N3O3S. The number of primary sulfonamides is 1. The fourth-order valence-corrected chi connectivity index (χ4v) is 1.80. The van der Waals surface area contributed by atoms with Crippen molar-refractivity contribution in [3.05, 3.63) is 17.3 Å². The minimum atomic E-state index is -5.45. The molecule has 0 aliphatic heterocycles. The maximum absolute atomic E-state index is 12.8. The molecule has 0 radical (unpaired) electrons. The minimum absolute atomic E-state index is 0.157. The van der Waals surface area contributed by atoms with Crippen LogP contribution in [0.1, 0.15) is 11.3 Å². The average Bonchev–Trinajstić information content (AvgIpc) is 2.23. The normalized spacial score (nSPS) is 13.3. The van der Waals surface area contributed by atoms with Crippen molar-refractivity contribution < 1.29 is 39.5 Å². The molecule has 0 fully saturated rings. The third kappa shape index (κ3) is 4.44. The van der Waals surface area contributed by atoms with Crippen molar-refractivity contribution >= 4 is 10.0 Å². The predicted octanol–water partition coefficient (Wildman–Crippen LogP) is 1.11. The van der Waals surface area contributed by atoms with Gasteiger partial charge in [-0.2, -0.15) is 13.2 Å². The van der Waals surface area contributed by atoms with Crippen LogP contribution in [0.4, 0.5) is 26.3 Å². The lowest BCUT2D eigenvalue weighted by atomic mass is 10.2. The molecule has 21 heavy (non-hydrogen) atoms. The summed E-state index contributed by atoms with van der Waals surface area (Å²) in [6.45, 7) is -0.933. The molecule has 120 valence electrons. The zero-order valence-corrected chi connectivity index (χ0v) is 10.6. The number of pyridine rings is 1. The van der Waals surface area contributed by atoms with Gasteiger partial charge in [-0.3, -0.25) is 0 Å². The van der Waals surface area contributed by atoms with Crippen molar-refractivity contribution in [2.45, 2.75) is 24.1 Å². The molecule has 1 aromatic heterocycles. The van der Waals surface area contributed by atoms with Crippen LogP contribution in [0.5, 0.6) is 5.75 Å². The fourth-order valence-electron chi connectivity index (χ4n) is 1.28. The van der Waals surface area contributed by atoms with Crippen LogP contribution >= 0.6 is 0 Å². The first kappa shape index (κ1) is 17.5. The molecule has 0 unspecified atom stereocenters. The van der Waals surface area contributed by atoms with Gasteiger partial charge in [0.2, 0.25) is 0 Å². The molecule has 0 atom stereocenters. The van der Waals surface area contributed by atoms with Crippen LogP contribution in [0.15, 0.2) is 11.1 Å². The van der Waals surface area contributed by atoms with Gasteiger partial charge in [0.1, 0.15) is 5.56 Å². The van der Waals surface area contributed by atoms with E-state index < -0.39 is 51.1 Å². The number of nitrogens with two attached hydrogens (primary N) is 2. The largest absolute Gasteiger partial charge is 0.573 e. The number of rotatable bonds is 3. The highest BCUT2D eigenvalue weighted by Gasteiger charge is 2.42. The molecule has 0 bridgehead atoms. The number of ether oxygens (including phenoxy) is 1. The minimum Gasteiger partial charge on any atom is -0.403 e. The maximum atomic E-state index is 12.8. The van der Waals surface area contributed by atoms with Gasteiger partial charge in [0.25, 0.3) is 10.0 Å². The molecule has 1 heterocycles. The molecule has 0 aromatic carbocycles. The lowest BCUT2D eigenvalue weighted by molar-refractivity contribution is -0.276. The van der Waals surface area contributed by atoms with E-state index in [-0.39, 0.29) is 6.07 Å². The molecule has 4 N–H and O–H groups in total. The molecule has 6 nitrogen and oxygen atoms in total. The van der Waals surface area contributed by atoms with Gasteiger partial charge >= 0.3 is 12.5 Å². The van der Waals surface area contributed by atoms with E-state index in [0.29, 0.717) is 0 Å². The Labute approximate surface area is 113 Å². The van der Waals surface area contributed by atoms with E-state index >= 15 is 0 Å². The summed E-state index contributed by atoms with van der Waals surface area (Å²) in [5, 5.41) is 3.34. The summed E-state index contributed by atoms with van der Waals surface area (Å²) >= 11 is 0. The summed E-state index contributed by atoms with van der Waals surface area (Å²) in [7, 11) is -4.68.